The monoisotopic (exact) mass is 364 g/mol. The molecule has 0 radical (unpaired) electrons. The van der Waals surface area contributed by atoms with Gasteiger partial charge in [-0.1, -0.05) is 37.3 Å². The lowest BCUT2D eigenvalue weighted by atomic mass is 10.1. The van der Waals surface area contributed by atoms with Gasteiger partial charge in [0.1, 0.15) is 0 Å². The number of hydrogen-bond acceptors (Lipinski definition) is 4. The number of aromatic nitrogens is 1. The smallest absolute Gasteiger partial charge is 0.253 e. The summed E-state index contributed by atoms with van der Waals surface area (Å²) in [6.45, 7) is 2.72. The fourth-order valence-electron chi connectivity index (χ4n) is 3.22. The molecule has 0 spiro atoms. The van der Waals surface area contributed by atoms with Crippen LogP contribution in [0.15, 0.2) is 53.3 Å². The molecular formula is C21H20N2O4. The lowest BCUT2D eigenvalue weighted by molar-refractivity contribution is -0.132. The minimum absolute atomic E-state index is 0.00374. The molecule has 2 aromatic carbocycles. The van der Waals surface area contributed by atoms with Crippen molar-refractivity contribution in [1.29, 1.82) is 0 Å². The Morgan fingerprint density at radius 2 is 1.81 bits per heavy atom. The standard InChI is InChI=1S/C21H20N2O4/c1-2-20(24)23(11-14-6-4-3-5-7-14)12-16-8-15-9-18-19(27-13-26-18)10-17(15)22-21(16)25/h3-10H,2,11-13H2,1H3,(H,22,25). The van der Waals surface area contributed by atoms with E-state index in [1.165, 1.54) is 0 Å². The average molecular weight is 364 g/mol. The normalized spacial score (nSPS) is 12.3. The van der Waals surface area contributed by atoms with E-state index in [2.05, 4.69) is 4.98 Å². The molecule has 0 atom stereocenters. The van der Waals surface area contributed by atoms with Gasteiger partial charge in [0, 0.05) is 30.0 Å². The lowest BCUT2D eigenvalue weighted by Gasteiger charge is -2.22. The van der Waals surface area contributed by atoms with Crippen LogP contribution in [0.3, 0.4) is 0 Å². The second kappa shape index (κ2) is 7.15. The maximum Gasteiger partial charge on any atom is 0.253 e. The predicted octanol–water partition coefficient (Wildman–Crippen LogP) is 3.20. The number of rotatable bonds is 5. The van der Waals surface area contributed by atoms with Crippen LogP contribution in [0.1, 0.15) is 24.5 Å². The van der Waals surface area contributed by atoms with Crippen LogP contribution in [0.4, 0.5) is 0 Å². The first-order valence-electron chi connectivity index (χ1n) is 8.91. The van der Waals surface area contributed by atoms with Crippen LogP contribution >= 0.6 is 0 Å². The molecule has 4 rings (SSSR count). The topological polar surface area (TPSA) is 71.6 Å². The number of H-pyrrole nitrogens is 1. The molecule has 0 bridgehead atoms. The van der Waals surface area contributed by atoms with Crippen molar-refractivity contribution in [2.75, 3.05) is 6.79 Å². The highest BCUT2D eigenvalue weighted by Crippen LogP contribution is 2.35. The van der Waals surface area contributed by atoms with Gasteiger partial charge in [-0.2, -0.15) is 0 Å². The molecule has 0 saturated heterocycles. The Kier molecular flexibility index (Phi) is 4.54. The number of aromatic amines is 1. The van der Waals surface area contributed by atoms with Gasteiger partial charge >= 0.3 is 0 Å². The Morgan fingerprint density at radius 3 is 2.56 bits per heavy atom. The first-order chi connectivity index (χ1) is 13.1. The minimum atomic E-state index is -0.205. The summed E-state index contributed by atoms with van der Waals surface area (Å²) in [5.74, 6) is 1.29. The van der Waals surface area contributed by atoms with Gasteiger partial charge in [-0.05, 0) is 17.7 Å². The van der Waals surface area contributed by atoms with E-state index in [0.29, 0.717) is 35.5 Å². The number of nitrogens with zero attached hydrogens (tertiary/aromatic N) is 1. The zero-order valence-corrected chi connectivity index (χ0v) is 15.0. The molecular weight excluding hydrogens is 344 g/mol. The van der Waals surface area contributed by atoms with Crippen LogP contribution in [0.2, 0.25) is 0 Å². The zero-order chi connectivity index (χ0) is 18.8. The number of ether oxygens (including phenoxy) is 2. The van der Waals surface area contributed by atoms with Crippen LogP contribution in [0.5, 0.6) is 11.5 Å². The molecule has 2 heterocycles. The number of fused-ring (bicyclic) bond motifs is 2. The molecule has 138 valence electrons. The fourth-order valence-corrected chi connectivity index (χ4v) is 3.22. The third-order valence-corrected chi connectivity index (χ3v) is 4.65. The van der Waals surface area contributed by atoms with Crippen LogP contribution in [0, 0.1) is 0 Å². The lowest BCUT2D eigenvalue weighted by Crippen LogP contribution is -2.31. The van der Waals surface area contributed by atoms with Crippen molar-refractivity contribution in [3.63, 3.8) is 0 Å². The Bertz CT molecular complexity index is 1040. The van der Waals surface area contributed by atoms with Gasteiger partial charge in [-0.3, -0.25) is 9.59 Å². The Morgan fingerprint density at radius 1 is 1.07 bits per heavy atom. The number of carbonyl (C=O) groups excluding carboxylic acids is 1. The van der Waals surface area contributed by atoms with Gasteiger partial charge < -0.3 is 19.4 Å². The van der Waals surface area contributed by atoms with Crippen LogP contribution in [-0.2, 0) is 17.9 Å². The van der Waals surface area contributed by atoms with Gasteiger partial charge in [0.2, 0.25) is 12.7 Å². The number of carbonyl (C=O) groups is 1. The van der Waals surface area contributed by atoms with Crippen LogP contribution in [0.25, 0.3) is 10.9 Å². The summed E-state index contributed by atoms with van der Waals surface area (Å²) in [6, 6.07) is 15.2. The number of nitrogens with one attached hydrogen (secondary N) is 1. The highest BCUT2D eigenvalue weighted by atomic mass is 16.7. The molecule has 1 aliphatic heterocycles. The van der Waals surface area contributed by atoms with Gasteiger partial charge in [-0.15, -0.1) is 0 Å². The predicted molar refractivity (Wildman–Crippen MR) is 102 cm³/mol. The van der Waals surface area contributed by atoms with E-state index in [1.807, 2.05) is 49.4 Å². The molecule has 0 unspecified atom stereocenters. The van der Waals surface area contributed by atoms with Gasteiger partial charge in [-0.25, -0.2) is 0 Å². The van der Waals surface area contributed by atoms with E-state index in [0.717, 1.165) is 10.9 Å². The molecule has 3 aromatic rings. The molecule has 0 fully saturated rings. The van der Waals surface area contributed by atoms with Crippen molar-refractivity contribution >= 4 is 16.8 Å². The van der Waals surface area contributed by atoms with E-state index >= 15 is 0 Å². The molecule has 6 heteroatoms. The van der Waals surface area contributed by atoms with Crippen molar-refractivity contribution < 1.29 is 14.3 Å². The first kappa shape index (κ1) is 17.1. The highest BCUT2D eigenvalue weighted by molar-refractivity contribution is 5.83. The maximum absolute atomic E-state index is 12.6. The second-order valence-electron chi connectivity index (χ2n) is 6.51. The second-order valence-corrected chi connectivity index (χ2v) is 6.51. The molecule has 1 amide bonds. The van der Waals surface area contributed by atoms with Gasteiger partial charge in [0.05, 0.1) is 12.1 Å². The van der Waals surface area contributed by atoms with Gasteiger partial charge in [0.25, 0.3) is 5.56 Å². The minimum Gasteiger partial charge on any atom is -0.454 e. The van der Waals surface area contributed by atoms with Crippen LogP contribution in [-0.4, -0.2) is 22.6 Å². The Labute approximate surface area is 156 Å². The zero-order valence-electron chi connectivity index (χ0n) is 15.0. The highest BCUT2D eigenvalue weighted by Gasteiger charge is 2.18. The molecule has 1 aromatic heterocycles. The summed E-state index contributed by atoms with van der Waals surface area (Å²) in [4.78, 5) is 29.6. The summed E-state index contributed by atoms with van der Waals surface area (Å²) in [5.41, 5.74) is 2.05. The molecule has 1 aliphatic rings. The van der Waals surface area contributed by atoms with E-state index < -0.39 is 0 Å². The largest absolute Gasteiger partial charge is 0.454 e. The van der Waals surface area contributed by atoms with Crippen molar-refractivity contribution in [2.45, 2.75) is 26.4 Å². The summed E-state index contributed by atoms with van der Waals surface area (Å²) < 4.78 is 10.8. The van der Waals surface area contributed by atoms with Crippen molar-refractivity contribution in [3.05, 3.63) is 70.0 Å². The summed E-state index contributed by atoms with van der Waals surface area (Å²) in [6.07, 6.45) is 0.386. The van der Waals surface area contributed by atoms with E-state index in [-0.39, 0.29) is 24.8 Å². The average Bonchev–Trinajstić information content (AvgIpc) is 3.13. The molecule has 27 heavy (non-hydrogen) atoms. The maximum atomic E-state index is 12.6. The van der Waals surface area contributed by atoms with E-state index in [4.69, 9.17) is 9.47 Å². The number of benzene rings is 2. The number of amides is 1. The fraction of sp³-hybridized carbons (Fsp3) is 0.238. The number of hydrogen-bond donors (Lipinski definition) is 1. The Balaban J connectivity index is 1.67. The molecule has 6 nitrogen and oxygen atoms in total. The van der Waals surface area contributed by atoms with Crippen molar-refractivity contribution in [1.82, 2.24) is 9.88 Å². The SMILES string of the molecule is CCC(=O)N(Cc1ccccc1)Cc1cc2cc3c(cc2[nH]c1=O)OCO3. The quantitative estimate of drug-likeness (QED) is 0.755. The Hall–Kier alpha value is -3.28. The molecule has 0 aliphatic carbocycles. The molecule has 0 saturated carbocycles. The van der Waals surface area contributed by atoms with E-state index in [1.54, 1.807) is 11.0 Å². The summed E-state index contributed by atoms with van der Waals surface area (Å²) >= 11 is 0. The van der Waals surface area contributed by atoms with Gasteiger partial charge in [0.15, 0.2) is 11.5 Å². The van der Waals surface area contributed by atoms with Crippen LogP contribution < -0.4 is 15.0 Å². The first-order valence-corrected chi connectivity index (χ1v) is 8.91. The molecule has 1 N–H and O–H groups in total. The summed E-state index contributed by atoms with van der Waals surface area (Å²) in [7, 11) is 0. The third-order valence-electron chi connectivity index (χ3n) is 4.65. The van der Waals surface area contributed by atoms with Crippen molar-refractivity contribution in [2.24, 2.45) is 0 Å². The number of pyridine rings is 1. The van der Waals surface area contributed by atoms with E-state index in [9.17, 15) is 9.59 Å². The van der Waals surface area contributed by atoms with Crippen molar-refractivity contribution in [3.8, 4) is 11.5 Å². The summed E-state index contributed by atoms with van der Waals surface area (Å²) in [5, 5.41) is 0.845. The third kappa shape index (κ3) is 3.51.